The summed E-state index contributed by atoms with van der Waals surface area (Å²) < 4.78 is 0. The lowest BCUT2D eigenvalue weighted by atomic mass is 10.2. The summed E-state index contributed by atoms with van der Waals surface area (Å²) in [5.74, 6) is -1.56. The van der Waals surface area contributed by atoms with Crippen molar-refractivity contribution in [2.24, 2.45) is 0 Å². The summed E-state index contributed by atoms with van der Waals surface area (Å²) in [4.78, 5) is 34.7. The minimum atomic E-state index is -1.01. The topological polar surface area (TPSA) is 86.7 Å². The largest absolute Gasteiger partial charge is 0.481 e. The average molecular weight is 244 g/mol. The number of nitrogens with one attached hydrogen (secondary N) is 1. The fourth-order valence-corrected chi connectivity index (χ4v) is 1.29. The van der Waals surface area contributed by atoms with Crippen molar-refractivity contribution in [3.63, 3.8) is 0 Å². The smallest absolute Gasteiger partial charge is 0.303 e. The Kier molecular flexibility index (Phi) is 6.93. The van der Waals surface area contributed by atoms with Gasteiger partial charge in [0.25, 0.3) is 0 Å². The summed E-state index contributed by atoms with van der Waals surface area (Å²) in [5, 5.41) is 11.1. The van der Waals surface area contributed by atoms with Gasteiger partial charge in [0, 0.05) is 19.0 Å². The van der Waals surface area contributed by atoms with E-state index in [2.05, 4.69) is 5.32 Å². The van der Waals surface area contributed by atoms with Crippen LogP contribution in [0.2, 0.25) is 0 Å². The molecule has 0 aromatic heterocycles. The molecule has 0 rings (SSSR count). The van der Waals surface area contributed by atoms with Crippen molar-refractivity contribution in [1.29, 1.82) is 0 Å². The van der Waals surface area contributed by atoms with Gasteiger partial charge in [-0.1, -0.05) is 0 Å². The maximum absolute atomic E-state index is 11.6. The molecule has 17 heavy (non-hydrogen) atoms. The summed E-state index contributed by atoms with van der Waals surface area (Å²) in [6.45, 7) is 5.79. The van der Waals surface area contributed by atoms with Crippen molar-refractivity contribution in [3.8, 4) is 0 Å². The predicted octanol–water partition coefficient (Wildman–Crippen LogP) is 0.224. The Morgan fingerprint density at radius 1 is 1.24 bits per heavy atom. The summed E-state index contributed by atoms with van der Waals surface area (Å²) in [7, 11) is 0. The van der Waals surface area contributed by atoms with Crippen LogP contribution in [0.5, 0.6) is 0 Å². The zero-order valence-corrected chi connectivity index (χ0v) is 10.5. The molecule has 0 saturated carbocycles. The number of carboxylic acid groups (broad SMARTS) is 1. The standard InChI is InChI=1S/C11H20N2O4/c1-4-13(7-9(14)12-8(2)3)10(15)5-6-11(16)17/h8H,4-7H2,1-3H3,(H,12,14)(H,16,17). The molecule has 0 fully saturated rings. The van der Waals surface area contributed by atoms with Gasteiger partial charge in [-0.05, 0) is 20.8 Å². The summed E-state index contributed by atoms with van der Waals surface area (Å²) >= 11 is 0. The fourth-order valence-electron chi connectivity index (χ4n) is 1.29. The highest BCUT2D eigenvalue weighted by atomic mass is 16.4. The van der Waals surface area contributed by atoms with Crippen molar-refractivity contribution in [1.82, 2.24) is 10.2 Å². The van der Waals surface area contributed by atoms with Gasteiger partial charge in [0.05, 0.1) is 13.0 Å². The third-order valence-corrected chi connectivity index (χ3v) is 2.07. The molecule has 0 atom stereocenters. The van der Waals surface area contributed by atoms with Crippen LogP contribution in [0.25, 0.3) is 0 Å². The Labute approximate surface area is 101 Å². The molecule has 98 valence electrons. The minimum absolute atomic E-state index is 0.0207. The van der Waals surface area contributed by atoms with Crippen LogP contribution in [-0.2, 0) is 14.4 Å². The molecular weight excluding hydrogens is 224 g/mol. The Bertz CT molecular complexity index is 289. The van der Waals surface area contributed by atoms with E-state index in [1.807, 2.05) is 13.8 Å². The van der Waals surface area contributed by atoms with Gasteiger partial charge in [0.1, 0.15) is 0 Å². The highest BCUT2D eigenvalue weighted by molar-refractivity contribution is 5.86. The van der Waals surface area contributed by atoms with E-state index in [0.717, 1.165) is 0 Å². The monoisotopic (exact) mass is 244 g/mol. The van der Waals surface area contributed by atoms with Crippen LogP contribution >= 0.6 is 0 Å². The Hall–Kier alpha value is -1.59. The molecule has 0 saturated heterocycles. The van der Waals surface area contributed by atoms with Crippen molar-refractivity contribution in [3.05, 3.63) is 0 Å². The molecule has 2 amide bonds. The minimum Gasteiger partial charge on any atom is -0.481 e. The second-order valence-electron chi connectivity index (χ2n) is 4.02. The summed E-state index contributed by atoms with van der Waals surface area (Å²) in [6, 6.07) is 0.0235. The second kappa shape index (κ2) is 7.65. The Morgan fingerprint density at radius 2 is 1.82 bits per heavy atom. The molecule has 0 aliphatic heterocycles. The first-order chi connectivity index (χ1) is 7.86. The number of nitrogens with zero attached hydrogens (tertiary/aromatic N) is 1. The first-order valence-corrected chi connectivity index (χ1v) is 5.65. The predicted molar refractivity (Wildman–Crippen MR) is 62.4 cm³/mol. The number of amides is 2. The molecule has 0 radical (unpaired) electrons. The van der Waals surface area contributed by atoms with Gasteiger partial charge in [-0.2, -0.15) is 0 Å². The van der Waals surface area contributed by atoms with Gasteiger partial charge in [0.2, 0.25) is 11.8 Å². The summed E-state index contributed by atoms with van der Waals surface area (Å²) in [6.07, 6.45) is -0.279. The lowest BCUT2D eigenvalue weighted by Crippen LogP contribution is -2.42. The highest BCUT2D eigenvalue weighted by Gasteiger charge is 2.16. The molecule has 0 aliphatic rings. The van der Waals surface area contributed by atoms with E-state index >= 15 is 0 Å². The second-order valence-corrected chi connectivity index (χ2v) is 4.02. The van der Waals surface area contributed by atoms with Crippen LogP contribution in [0.3, 0.4) is 0 Å². The maximum Gasteiger partial charge on any atom is 0.303 e. The molecule has 0 aliphatic carbocycles. The zero-order chi connectivity index (χ0) is 13.4. The third-order valence-electron chi connectivity index (χ3n) is 2.07. The molecule has 6 heteroatoms. The van der Waals surface area contributed by atoms with Gasteiger partial charge >= 0.3 is 5.97 Å². The van der Waals surface area contributed by atoms with Crippen molar-refractivity contribution in [2.75, 3.05) is 13.1 Å². The van der Waals surface area contributed by atoms with Gasteiger partial charge in [-0.15, -0.1) is 0 Å². The first kappa shape index (κ1) is 15.4. The van der Waals surface area contributed by atoms with E-state index in [1.165, 1.54) is 4.90 Å². The summed E-state index contributed by atoms with van der Waals surface area (Å²) in [5.41, 5.74) is 0. The van der Waals surface area contributed by atoms with Crippen molar-refractivity contribution in [2.45, 2.75) is 39.7 Å². The van der Waals surface area contributed by atoms with Crippen LogP contribution in [-0.4, -0.2) is 46.9 Å². The first-order valence-electron chi connectivity index (χ1n) is 5.65. The van der Waals surface area contributed by atoms with E-state index in [0.29, 0.717) is 6.54 Å². The molecule has 0 unspecified atom stereocenters. The maximum atomic E-state index is 11.6. The Balaban J connectivity index is 4.17. The number of likely N-dealkylation sites (N-methyl/N-ethyl adjacent to an activating group) is 1. The highest BCUT2D eigenvalue weighted by Crippen LogP contribution is 1.98. The third kappa shape index (κ3) is 7.32. The molecule has 0 spiro atoms. The quantitative estimate of drug-likeness (QED) is 0.671. The number of rotatable bonds is 7. The van der Waals surface area contributed by atoms with Crippen LogP contribution in [0.4, 0.5) is 0 Å². The van der Waals surface area contributed by atoms with Crippen molar-refractivity contribution >= 4 is 17.8 Å². The number of aliphatic carboxylic acids is 1. The van der Waals surface area contributed by atoms with Crippen LogP contribution in [0, 0.1) is 0 Å². The Morgan fingerprint density at radius 3 is 2.24 bits per heavy atom. The molecule has 0 aromatic carbocycles. The van der Waals surface area contributed by atoms with Crippen LogP contribution < -0.4 is 5.32 Å². The number of carbonyl (C=O) groups is 3. The van der Waals surface area contributed by atoms with Gasteiger partial charge in [-0.25, -0.2) is 0 Å². The number of carbonyl (C=O) groups excluding carboxylic acids is 2. The van der Waals surface area contributed by atoms with Crippen LogP contribution in [0.15, 0.2) is 0 Å². The zero-order valence-electron chi connectivity index (χ0n) is 10.5. The number of hydrogen-bond acceptors (Lipinski definition) is 3. The molecule has 6 nitrogen and oxygen atoms in total. The van der Waals surface area contributed by atoms with E-state index < -0.39 is 5.97 Å². The molecule has 0 aromatic rings. The molecule has 0 heterocycles. The van der Waals surface area contributed by atoms with E-state index in [9.17, 15) is 14.4 Å². The number of carboxylic acids is 1. The van der Waals surface area contributed by atoms with Gasteiger partial charge in [-0.3, -0.25) is 14.4 Å². The lowest BCUT2D eigenvalue weighted by molar-refractivity contribution is -0.141. The van der Waals surface area contributed by atoms with Gasteiger partial charge in [0.15, 0.2) is 0 Å². The number of hydrogen-bond donors (Lipinski definition) is 2. The van der Waals surface area contributed by atoms with Crippen molar-refractivity contribution < 1.29 is 19.5 Å². The van der Waals surface area contributed by atoms with Crippen LogP contribution in [0.1, 0.15) is 33.6 Å². The van der Waals surface area contributed by atoms with Gasteiger partial charge < -0.3 is 15.3 Å². The normalized spacial score (nSPS) is 10.1. The lowest BCUT2D eigenvalue weighted by Gasteiger charge is -2.20. The van der Waals surface area contributed by atoms with E-state index in [-0.39, 0.29) is 37.2 Å². The van der Waals surface area contributed by atoms with E-state index in [1.54, 1.807) is 6.92 Å². The average Bonchev–Trinajstić information content (AvgIpc) is 2.21. The fraction of sp³-hybridized carbons (Fsp3) is 0.727. The SMILES string of the molecule is CCN(CC(=O)NC(C)C)C(=O)CCC(=O)O. The molecular formula is C11H20N2O4. The molecule has 2 N–H and O–H groups in total. The van der Waals surface area contributed by atoms with E-state index in [4.69, 9.17) is 5.11 Å². The molecule has 0 bridgehead atoms.